The number of nitrogens with one attached hydrogen (secondary N) is 2. The van der Waals surface area contributed by atoms with Gasteiger partial charge in [0.2, 0.25) is 15.9 Å². The number of hydrogen-bond donors (Lipinski definition) is 2. The van der Waals surface area contributed by atoms with Crippen LogP contribution < -0.4 is 14.8 Å². The van der Waals surface area contributed by atoms with Gasteiger partial charge < -0.3 is 10.1 Å². The van der Waals surface area contributed by atoms with Crippen LogP contribution in [-0.2, 0) is 21.0 Å². The molecule has 11 heteroatoms. The molecule has 0 spiro atoms. The molecule has 0 unspecified atom stereocenters. The molecule has 29 heavy (non-hydrogen) atoms. The summed E-state index contributed by atoms with van der Waals surface area (Å²) in [6.45, 7) is 2.86. The smallest absolute Gasteiger partial charge is 0.419 e. The number of carbonyl (C=O) groups excluding carboxylic acids is 1. The molecule has 0 aromatic heterocycles. The van der Waals surface area contributed by atoms with Gasteiger partial charge in [-0.2, -0.15) is 17.9 Å². The van der Waals surface area contributed by atoms with Crippen LogP contribution >= 0.6 is 0 Å². The zero-order valence-electron chi connectivity index (χ0n) is 15.6. The van der Waals surface area contributed by atoms with Crippen molar-refractivity contribution in [3.8, 4) is 5.75 Å². The lowest BCUT2D eigenvalue weighted by atomic mass is 10.1. The molecule has 0 aliphatic heterocycles. The molecule has 0 saturated carbocycles. The second-order valence-electron chi connectivity index (χ2n) is 6.16. The Morgan fingerprint density at radius 3 is 2.34 bits per heavy atom. The van der Waals surface area contributed by atoms with Crippen molar-refractivity contribution in [2.75, 3.05) is 12.4 Å². The third kappa shape index (κ3) is 5.45. The maximum atomic E-state index is 13.3. The van der Waals surface area contributed by atoms with Crippen LogP contribution in [0.1, 0.15) is 18.1 Å². The lowest BCUT2D eigenvalue weighted by Crippen LogP contribution is -2.41. The zero-order chi connectivity index (χ0) is 22.0. The number of carbonyl (C=O) groups is 1. The Bertz CT molecular complexity index is 1020. The van der Waals surface area contributed by atoms with Crippen LogP contribution in [0.15, 0.2) is 41.3 Å². The van der Waals surface area contributed by atoms with E-state index in [1.165, 1.54) is 32.2 Å². The molecule has 0 bridgehead atoms. The maximum absolute atomic E-state index is 13.3. The number of amides is 1. The Morgan fingerprint density at radius 2 is 1.79 bits per heavy atom. The molecule has 1 amide bonds. The van der Waals surface area contributed by atoms with Crippen LogP contribution in [-0.4, -0.2) is 27.5 Å². The summed E-state index contributed by atoms with van der Waals surface area (Å²) in [6.07, 6.45) is -4.94. The second kappa shape index (κ2) is 8.37. The molecular formula is C18H18F4N2O4S. The minimum absolute atomic E-state index is 0.114. The quantitative estimate of drug-likeness (QED) is 0.682. The standard InChI is InChI=1S/C18H18F4N2O4S/c1-10-8-13(5-7-16(10)28-3)29(26,27)24-11(2)17(25)23-12-4-6-15(19)14(9-12)18(20,21)22/h4-9,11,24H,1-3H3,(H,23,25)/t11-/m1/s1. The fourth-order valence-electron chi connectivity index (χ4n) is 2.44. The predicted octanol–water partition coefficient (Wildman–Crippen LogP) is 3.47. The van der Waals surface area contributed by atoms with Crippen LogP contribution in [0, 0.1) is 12.7 Å². The number of rotatable bonds is 6. The van der Waals surface area contributed by atoms with Crippen molar-refractivity contribution in [1.82, 2.24) is 4.72 Å². The highest BCUT2D eigenvalue weighted by Gasteiger charge is 2.34. The third-order valence-corrected chi connectivity index (χ3v) is 5.48. The van der Waals surface area contributed by atoms with E-state index in [4.69, 9.17) is 4.74 Å². The van der Waals surface area contributed by atoms with Gasteiger partial charge >= 0.3 is 6.18 Å². The summed E-state index contributed by atoms with van der Waals surface area (Å²) in [5.41, 5.74) is -1.31. The number of anilines is 1. The van der Waals surface area contributed by atoms with Crippen molar-refractivity contribution >= 4 is 21.6 Å². The Kier molecular flexibility index (Phi) is 6.53. The predicted molar refractivity (Wildman–Crippen MR) is 97.5 cm³/mol. The van der Waals surface area contributed by atoms with E-state index < -0.39 is 39.5 Å². The molecule has 0 aliphatic rings. The number of ether oxygens (including phenoxy) is 1. The number of aryl methyl sites for hydroxylation is 1. The van der Waals surface area contributed by atoms with E-state index in [1.807, 2.05) is 0 Å². The molecule has 0 radical (unpaired) electrons. The fourth-order valence-corrected chi connectivity index (χ4v) is 3.73. The summed E-state index contributed by atoms with van der Waals surface area (Å²) in [5.74, 6) is -1.93. The first-order chi connectivity index (χ1) is 13.3. The lowest BCUT2D eigenvalue weighted by molar-refractivity contribution is -0.140. The van der Waals surface area contributed by atoms with Gasteiger partial charge in [-0.25, -0.2) is 12.8 Å². The van der Waals surface area contributed by atoms with Gasteiger partial charge in [0, 0.05) is 5.69 Å². The van der Waals surface area contributed by atoms with E-state index in [0.717, 1.165) is 6.07 Å². The van der Waals surface area contributed by atoms with Crippen LogP contribution in [0.2, 0.25) is 0 Å². The van der Waals surface area contributed by atoms with E-state index in [9.17, 15) is 30.8 Å². The summed E-state index contributed by atoms with van der Waals surface area (Å²) >= 11 is 0. The van der Waals surface area contributed by atoms with Crippen LogP contribution in [0.25, 0.3) is 0 Å². The number of methoxy groups -OCH3 is 1. The van der Waals surface area contributed by atoms with Gasteiger partial charge in [0.05, 0.1) is 23.6 Å². The molecule has 0 aliphatic carbocycles. The molecule has 6 nitrogen and oxygen atoms in total. The third-order valence-electron chi connectivity index (χ3n) is 3.94. The van der Waals surface area contributed by atoms with Gasteiger partial charge in [0.1, 0.15) is 11.6 Å². The average Bonchev–Trinajstić information content (AvgIpc) is 2.61. The molecule has 2 aromatic carbocycles. The molecule has 0 fully saturated rings. The highest BCUT2D eigenvalue weighted by atomic mass is 32.2. The molecule has 0 saturated heterocycles. The first-order valence-electron chi connectivity index (χ1n) is 8.19. The van der Waals surface area contributed by atoms with E-state index >= 15 is 0 Å². The SMILES string of the molecule is COc1ccc(S(=O)(=O)N[C@H](C)C(=O)Nc2ccc(F)c(C(F)(F)F)c2)cc1C. The van der Waals surface area contributed by atoms with Gasteiger partial charge in [-0.3, -0.25) is 4.79 Å². The zero-order valence-corrected chi connectivity index (χ0v) is 16.4. The van der Waals surface area contributed by atoms with Crippen molar-refractivity contribution in [2.24, 2.45) is 0 Å². The lowest BCUT2D eigenvalue weighted by Gasteiger charge is -2.16. The van der Waals surface area contributed by atoms with E-state index in [2.05, 4.69) is 10.0 Å². The molecule has 158 valence electrons. The first kappa shape index (κ1) is 22.6. The molecule has 2 N–H and O–H groups in total. The molecule has 2 aromatic rings. The van der Waals surface area contributed by atoms with Crippen molar-refractivity contribution in [1.29, 1.82) is 0 Å². The van der Waals surface area contributed by atoms with Crippen molar-refractivity contribution in [3.05, 3.63) is 53.3 Å². The topological polar surface area (TPSA) is 84.5 Å². The summed E-state index contributed by atoms with van der Waals surface area (Å²) in [4.78, 5) is 12.1. The minimum Gasteiger partial charge on any atom is -0.496 e. The summed E-state index contributed by atoms with van der Waals surface area (Å²) < 4.78 is 83.7. The number of halogens is 4. The van der Waals surface area contributed by atoms with Crippen LogP contribution in [0.5, 0.6) is 5.75 Å². The molecule has 0 heterocycles. The molecule has 1 atom stereocenters. The number of alkyl halides is 3. The van der Waals surface area contributed by atoms with Gasteiger partial charge in [-0.15, -0.1) is 0 Å². The minimum atomic E-state index is -4.94. The molecule has 2 rings (SSSR count). The Morgan fingerprint density at radius 1 is 1.14 bits per heavy atom. The van der Waals surface area contributed by atoms with Crippen LogP contribution in [0.3, 0.4) is 0 Å². The highest BCUT2D eigenvalue weighted by Crippen LogP contribution is 2.33. The monoisotopic (exact) mass is 434 g/mol. The van der Waals surface area contributed by atoms with Crippen molar-refractivity contribution in [2.45, 2.75) is 31.0 Å². The Labute approximate surface area is 164 Å². The van der Waals surface area contributed by atoms with Crippen molar-refractivity contribution in [3.63, 3.8) is 0 Å². The molecular weight excluding hydrogens is 416 g/mol. The Balaban J connectivity index is 2.16. The Hall–Kier alpha value is -2.66. The number of benzene rings is 2. The largest absolute Gasteiger partial charge is 0.496 e. The van der Waals surface area contributed by atoms with E-state index in [0.29, 0.717) is 23.4 Å². The fraction of sp³-hybridized carbons (Fsp3) is 0.278. The first-order valence-corrected chi connectivity index (χ1v) is 9.68. The van der Waals surface area contributed by atoms with Gasteiger partial charge in [0.25, 0.3) is 0 Å². The van der Waals surface area contributed by atoms with E-state index in [1.54, 1.807) is 6.92 Å². The van der Waals surface area contributed by atoms with Crippen molar-refractivity contribution < 1.29 is 35.5 Å². The number of hydrogen-bond acceptors (Lipinski definition) is 4. The van der Waals surface area contributed by atoms with Gasteiger partial charge in [-0.1, -0.05) is 0 Å². The van der Waals surface area contributed by atoms with Crippen LogP contribution in [0.4, 0.5) is 23.2 Å². The summed E-state index contributed by atoms with van der Waals surface area (Å²) in [6, 6.07) is 4.70. The van der Waals surface area contributed by atoms with Gasteiger partial charge in [0.15, 0.2) is 0 Å². The summed E-state index contributed by atoms with van der Waals surface area (Å²) in [5, 5.41) is 2.13. The second-order valence-corrected chi connectivity index (χ2v) is 7.87. The summed E-state index contributed by atoms with van der Waals surface area (Å²) in [7, 11) is -2.66. The normalized spacial score (nSPS) is 13.1. The highest BCUT2D eigenvalue weighted by molar-refractivity contribution is 7.89. The average molecular weight is 434 g/mol. The van der Waals surface area contributed by atoms with E-state index in [-0.39, 0.29) is 10.6 Å². The maximum Gasteiger partial charge on any atom is 0.419 e. The van der Waals surface area contributed by atoms with Gasteiger partial charge in [-0.05, 0) is 55.8 Å². The number of sulfonamides is 1.